The normalized spacial score (nSPS) is 16.8. The quantitative estimate of drug-likeness (QED) is 0.671. The topological polar surface area (TPSA) is 0 Å². The van der Waals surface area contributed by atoms with Crippen LogP contribution in [0.3, 0.4) is 0 Å². The monoisotopic (exact) mass is 210 g/mol. The number of hydrogen-bond donors (Lipinski definition) is 0. The summed E-state index contributed by atoms with van der Waals surface area (Å²) in [6.45, 7) is 2.26. The zero-order valence-corrected chi connectivity index (χ0v) is 9.40. The first-order valence-corrected chi connectivity index (χ1v) is 5.40. The van der Waals surface area contributed by atoms with Gasteiger partial charge in [0.05, 0.1) is 0 Å². The Morgan fingerprint density at radius 3 is 2.90 bits per heavy atom. The van der Waals surface area contributed by atoms with Gasteiger partial charge in [-0.25, -0.2) is 0 Å². The van der Waals surface area contributed by atoms with E-state index in [2.05, 4.69) is 19.1 Å². The van der Waals surface area contributed by atoms with E-state index >= 15 is 0 Å². The molecule has 0 atom stereocenters. The molecule has 1 rings (SSSR count). The summed E-state index contributed by atoms with van der Waals surface area (Å²) in [5.74, 6) is 0. The van der Waals surface area contributed by atoms with Crippen LogP contribution in [0.2, 0.25) is 0 Å². The van der Waals surface area contributed by atoms with E-state index in [4.69, 9.17) is 0 Å². The van der Waals surface area contributed by atoms with E-state index in [-0.39, 0.29) is 0 Å². The van der Waals surface area contributed by atoms with Gasteiger partial charge in [0.1, 0.15) is 0 Å². The molecule has 0 nitrogen and oxygen atoms in total. The van der Waals surface area contributed by atoms with Crippen molar-refractivity contribution in [2.75, 3.05) is 0 Å². The fourth-order valence-electron chi connectivity index (χ4n) is 1.18. The van der Waals surface area contributed by atoms with Crippen molar-refractivity contribution < 1.29 is 31.0 Å². The van der Waals surface area contributed by atoms with E-state index in [1.807, 2.05) is 0 Å². The van der Waals surface area contributed by atoms with E-state index in [1.165, 1.54) is 56.6 Å². The fourth-order valence-corrected chi connectivity index (χ4v) is 2.10. The predicted molar refractivity (Wildman–Crippen MR) is 40.3 cm³/mol. The summed E-state index contributed by atoms with van der Waals surface area (Å²) in [5.41, 5.74) is 1.64. The Kier molecular flexibility index (Phi) is 3.87. The van der Waals surface area contributed by atoms with Crippen LogP contribution in [0.4, 0.5) is 0 Å². The van der Waals surface area contributed by atoms with Gasteiger partial charge in [0.2, 0.25) is 0 Å². The molecule has 52 valence electrons. The third-order valence-corrected chi connectivity index (χ3v) is 3.36. The van der Waals surface area contributed by atoms with Gasteiger partial charge >= 0.3 is 83.7 Å². The van der Waals surface area contributed by atoms with Crippen LogP contribution in [0.25, 0.3) is 0 Å². The second-order valence-corrected chi connectivity index (χ2v) is 4.47. The maximum absolute atomic E-state index is 2.32. The average molecular weight is 210 g/mol. The molecule has 0 aromatic carbocycles. The van der Waals surface area contributed by atoms with Gasteiger partial charge in [-0.05, 0) is 0 Å². The van der Waals surface area contributed by atoms with Crippen molar-refractivity contribution in [2.24, 2.45) is 0 Å². The summed E-state index contributed by atoms with van der Waals surface area (Å²) in [5, 5.41) is 0. The van der Waals surface area contributed by atoms with Gasteiger partial charge in [-0.2, -0.15) is 0 Å². The van der Waals surface area contributed by atoms with Crippen LogP contribution in [-0.2, 0) is 31.0 Å². The molecule has 0 radical (unpaired) electrons. The van der Waals surface area contributed by atoms with E-state index in [1.54, 1.807) is 7.96 Å². The third kappa shape index (κ3) is 2.32. The third-order valence-electron chi connectivity index (χ3n) is 1.87. The van der Waals surface area contributed by atoms with Crippen molar-refractivity contribution in [1.82, 2.24) is 0 Å². The van der Waals surface area contributed by atoms with Crippen molar-refractivity contribution in [3.63, 3.8) is 0 Å². The van der Waals surface area contributed by atoms with E-state index in [0.29, 0.717) is 0 Å². The van der Waals surface area contributed by atoms with Crippen molar-refractivity contribution >= 4 is 0 Å². The Labute approximate surface area is 83.2 Å². The van der Waals surface area contributed by atoms with Gasteiger partial charge in [-0.3, -0.25) is 0 Å². The van der Waals surface area contributed by atoms with Crippen LogP contribution in [-0.4, -0.2) is 0 Å². The van der Waals surface area contributed by atoms with E-state index in [9.17, 15) is 0 Å². The molecule has 0 aliphatic heterocycles. The molecule has 1 aliphatic rings. The van der Waals surface area contributed by atoms with Gasteiger partial charge in [0.25, 0.3) is 0 Å². The molecule has 0 aromatic rings. The summed E-state index contributed by atoms with van der Waals surface area (Å²) >= 11 is 1.33. The molecule has 0 saturated carbocycles. The first kappa shape index (κ1) is 8.68. The van der Waals surface area contributed by atoms with E-state index in [0.717, 1.165) is 0 Å². The van der Waals surface area contributed by atoms with Gasteiger partial charge in [0.15, 0.2) is 0 Å². The number of allylic oxidation sites excluding steroid dienone is 4. The first-order chi connectivity index (χ1) is 4.84. The molecule has 10 heavy (non-hydrogen) atoms. The molecule has 0 fully saturated rings. The van der Waals surface area contributed by atoms with Crippen LogP contribution in [0.1, 0.15) is 32.6 Å². The summed E-state index contributed by atoms with van der Waals surface area (Å²) in [4.78, 5) is 0. The van der Waals surface area contributed by atoms with Gasteiger partial charge < -0.3 is 0 Å². The Morgan fingerprint density at radius 1 is 1.60 bits per heavy atom. The van der Waals surface area contributed by atoms with Crippen LogP contribution < -0.4 is 0 Å². The molecule has 0 spiro atoms. The summed E-state index contributed by atoms with van der Waals surface area (Å²) in [6.07, 6.45) is 9.88. The van der Waals surface area contributed by atoms with E-state index < -0.39 is 0 Å². The van der Waals surface area contributed by atoms with Gasteiger partial charge in [-0.1, -0.05) is 0 Å². The number of unbranched alkanes of at least 4 members (excludes halogenated alkanes) is 1. The van der Waals surface area contributed by atoms with Crippen LogP contribution in [0.5, 0.6) is 0 Å². The number of hydrogen-bond acceptors (Lipinski definition) is 0. The minimum atomic E-state index is 1.25. The Bertz CT molecular complexity index is 166. The molecule has 1 aliphatic carbocycles. The first-order valence-electron chi connectivity index (χ1n) is 3.98. The van der Waals surface area contributed by atoms with Crippen LogP contribution in [0.15, 0.2) is 20.1 Å². The summed E-state index contributed by atoms with van der Waals surface area (Å²) < 4.78 is 1.71. The molecular formula is C9H13Y. The molecule has 0 bridgehead atoms. The summed E-state index contributed by atoms with van der Waals surface area (Å²) in [6, 6.07) is 0. The predicted octanol–water partition coefficient (Wildman–Crippen LogP) is 2.94. The SMILES string of the molecule is CCCCC1=[C]([Y])CC=C1. The maximum atomic E-state index is 2.32. The zero-order valence-electron chi connectivity index (χ0n) is 6.56. The van der Waals surface area contributed by atoms with Crippen molar-refractivity contribution in [2.45, 2.75) is 32.6 Å². The molecule has 0 amide bonds. The van der Waals surface area contributed by atoms with Crippen molar-refractivity contribution in [3.8, 4) is 0 Å². The van der Waals surface area contributed by atoms with Gasteiger partial charge in [-0.15, -0.1) is 0 Å². The second kappa shape index (κ2) is 4.46. The zero-order chi connectivity index (χ0) is 7.40. The fraction of sp³-hybridized carbons (Fsp3) is 0.556. The molecule has 0 saturated heterocycles. The molecule has 0 aromatic heterocycles. The Morgan fingerprint density at radius 2 is 2.40 bits per heavy atom. The molecule has 0 N–H and O–H groups in total. The number of rotatable bonds is 3. The Hall–Kier alpha value is 0.584. The van der Waals surface area contributed by atoms with Crippen LogP contribution in [0, 0.1) is 0 Å². The standard InChI is InChI=1S/C9H13.Y/c1-2-3-6-9-7-4-5-8-9;/h4,7H,2-3,5-6H2,1H3;. The van der Waals surface area contributed by atoms with Crippen molar-refractivity contribution in [3.05, 3.63) is 20.1 Å². The summed E-state index contributed by atoms with van der Waals surface area (Å²) in [7, 11) is 0. The van der Waals surface area contributed by atoms with Crippen LogP contribution >= 0.6 is 0 Å². The molecule has 0 heterocycles. The Balaban J connectivity index is 2.38. The van der Waals surface area contributed by atoms with Gasteiger partial charge in [0, 0.05) is 0 Å². The van der Waals surface area contributed by atoms with Crippen molar-refractivity contribution in [1.29, 1.82) is 0 Å². The molecule has 1 heteroatoms. The molecule has 0 unspecified atom stereocenters. The second-order valence-electron chi connectivity index (χ2n) is 2.76. The minimum absolute atomic E-state index is 1.25. The average Bonchev–Trinajstić information content (AvgIpc) is 2.31. The molecular weight excluding hydrogens is 197 g/mol.